The Hall–Kier alpha value is -4.07. The summed E-state index contributed by atoms with van der Waals surface area (Å²) >= 11 is -3.31. The molecule has 0 aromatic heterocycles. The zero-order valence-electron chi connectivity index (χ0n) is 63.4. The zero-order valence-corrected chi connectivity index (χ0v) is 69.1. The van der Waals surface area contributed by atoms with E-state index in [9.17, 15) is 10.2 Å². The Kier molecular flexibility index (Phi) is 30.1. The summed E-state index contributed by atoms with van der Waals surface area (Å²) in [6.45, 7) is 55.3. The molecule has 0 radical (unpaired) electrons. The molecule has 0 aliphatic rings. The van der Waals surface area contributed by atoms with Crippen molar-refractivity contribution < 1.29 is 45.5 Å². The number of phenolic OH excluding ortho intramolecular Hbond substituents is 2. The topological polar surface area (TPSA) is 58.9 Å². The van der Waals surface area contributed by atoms with E-state index in [1.54, 1.807) is 0 Å². The van der Waals surface area contributed by atoms with Crippen molar-refractivity contribution in [2.24, 2.45) is 0 Å². The van der Waals surface area contributed by atoms with E-state index in [1.165, 1.54) is 109 Å². The first kappa shape index (κ1) is 82.2. The number of aromatic hydroxyl groups is 2. The second kappa shape index (κ2) is 33.7. The van der Waals surface area contributed by atoms with Crippen LogP contribution in [0.3, 0.4) is 0 Å². The van der Waals surface area contributed by atoms with Gasteiger partial charge in [-0.15, -0.1) is 0 Å². The smallest absolute Gasteiger partial charge is 0 e. The second-order valence-electron chi connectivity index (χ2n) is 33.8. The summed E-state index contributed by atoms with van der Waals surface area (Å²) in [6, 6.07) is 36.6. The second-order valence-corrected chi connectivity index (χ2v) is 45.0. The van der Waals surface area contributed by atoms with E-state index < -0.39 is 13.3 Å². The van der Waals surface area contributed by atoms with Crippen molar-refractivity contribution in [2.45, 2.75) is 298 Å². The first-order valence-corrected chi connectivity index (χ1v) is 40.3. The summed E-state index contributed by atoms with van der Waals surface area (Å²) in [7, 11) is 0. The summed E-state index contributed by atoms with van der Waals surface area (Å²) in [5, 5.41) is 26.2. The fraction of sp³-hybridized carbons (Fsp3) is 0.558. The van der Waals surface area contributed by atoms with E-state index in [1.807, 2.05) is 0 Å². The average Bonchev–Trinajstić information content (AvgIpc) is 0.797. The van der Waals surface area contributed by atoms with Gasteiger partial charge in [-0.25, -0.2) is 0 Å². The monoisotopic (exact) mass is 1480 g/mol. The molecule has 6 rings (SSSR count). The fourth-order valence-corrected chi connectivity index (χ4v) is 20.1. The normalized spacial score (nSPS) is 12.6. The van der Waals surface area contributed by atoms with E-state index in [4.69, 9.17) is 9.47 Å². The maximum atomic E-state index is 13.1. The molecule has 0 unspecified atom stereocenters. The molecule has 0 aliphatic carbocycles. The Morgan fingerprint density at radius 1 is 0.337 bits per heavy atom. The molecular formula is C86H130GeHfO4-2. The minimum absolute atomic E-state index is 0. The third-order valence-electron chi connectivity index (χ3n) is 19.5. The third kappa shape index (κ3) is 21.5. The van der Waals surface area contributed by atoms with Crippen molar-refractivity contribution in [3.63, 3.8) is 0 Å². The van der Waals surface area contributed by atoms with E-state index in [2.05, 4.69) is 263 Å². The van der Waals surface area contributed by atoms with Crippen molar-refractivity contribution in [3.05, 3.63) is 156 Å². The summed E-state index contributed by atoms with van der Waals surface area (Å²) in [4.78, 5) is 0. The Morgan fingerprint density at radius 2 is 0.609 bits per heavy atom. The molecule has 0 heterocycles. The van der Waals surface area contributed by atoms with E-state index in [-0.39, 0.29) is 73.2 Å². The van der Waals surface area contributed by atoms with Gasteiger partial charge in [-0.1, -0.05) is 39.5 Å². The molecule has 0 spiro atoms. The average molecular weight is 1480 g/mol. The maximum Gasteiger partial charge on any atom is 0 e. The van der Waals surface area contributed by atoms with Crippen molar-refractivity contribution in [3.8, 4) is 67.5 Å². The molecule has 2 N–H and O–H groups in total. The minimum atomic E-state index is -3.31. The van der Waals surface area contributed by atoms with Crippen LogP contribution in [0, 0.1) is 14.9 Å². The van der Waals surface area contributed by atoms with Crippen molar-refractivity contribution in [1.82, 2.24) is 0 Å². The van der Waals surface area contributed by atoms with Crippen LogP contribution in [-0.4, -0.2) is 34.4 Å². The molecule has 0 amide bonds. The van der Waals surface area contributed by atoms with Crippen molar-refractivity contribution >= 4 is 13.3 Å². The number of hydrogen-bond donors (Lipinski definition) is 2. The largest absolute Gasteiger partial charge is 0.358 e. The first-order chi connectivity index (χ1) is 41.3. The molecule has 6 heteroatoms. The molecule has 92 heavy (non-hydrogen) atoms. The van der Waals surface area contributed by atoms with Gasteiger partial charge in [0.25, 0.3) is 0 Å². The molecule has 0 aliphatic heterocycles. The predicted molar refractivity (Wildman–Crippen MR) is 404 cm³/mol. The Morgan fingerprint density at radius 3 is 0.880 bits per heavy atom. The summed E-state index contributed by atoms with van der Waals surface area (Å²) in [6.07, 6.45) is 16.5. The Bertz CT molecular complexity index is 3010. The predicted octanol–water partition coefficient (Wildman–Crippen LogP) is 26.1. The number of benzene rings is 6. The first-order valence-electron chi connectivity index (χ1n) is 34.9. The third-order valence-corrected chi connectivity index (χ3v) is 32.0. The van der Waals surface area contributed by atoms with Gasteiger partial charge in [0.2, 0.25) is 0 Å². The number of unbranched alkanes of at least 4 members (excludes halogenated alkanes) is 10. The maximum absolute atomic E-state index is 13.1. The summed E-state index contributed by atoms with van der Waals surface area (Å²) in [5.74, 6) is 2.19. The van der Waals surface area contributed by atoms with Crippen LogP contribution in [0.2, 0.25) is 9.50 Å². The van der Waals surface area contributed by atoms with E-state index in [0.717, 1.165) is 81.7 Å². The number of aryl methyl sites for hydroxylation is 2. The number of phenols is 2. The van der Waals surface area contributed by atoms with E-state index in [0.29, 0.717) is 31.9 Å². The molecule has 0 saturated carbocycles. The number of ether oxygens (including phenoxy) is 2. The molecule has 0 atom stereocenters. The number of rotatable bonds is 26. The van der Waals surface area contributed by atoms with Gasteiger partial charge in [-0.05, 0) is 0 Å². The van der Waals surface area contributed by atoms with Crippen LogP contribution < -0.4 is 9.47 Å². The van der Waals surface area contributed by atoms with Crippen LogP contribution in [-0.2, 0) is 71.2 Å². The Balaban J connectivity index is 0.00000736. The van der Waals surface area contributed by atoms with Crippen LogP contribution in [0.15, 0.2) is 97.1 Å². The molecule has 6 aromatic rings. The van der Waals surface area contributed by atoms with Gasteiger partial charge in [-0.3, -0.25) is 0 Å². The number of hydrogen-bond acceptors (Lipinski definition) is 4. The van der Waals surface area contributed by atoms with Gasteiger partial charge < -0.3 is 14.9 Å². The van der Waals surface area contributed by atoms with Crippen LogP contribution in [0.1, 0.15) is 288 Å². The van der Waals surface area contributed by atoms with Gasteiger partial charge in [0, 0.05) is 25.8 Å². The van der Waals surface area contributed by atoms with Crippen LogP contribution in [0.4, 0.5) is 0 Å². The zero-order chi connectivity index (χ0) is 66.2. The van der Waals surface area contributed by atoms with Gasteiger partial charge >= 0.3 is 511 Å². The Labute approximate surface area is 587 Å². The molecule has 4 nitrogen and oxygen atoms in total. The molecule has 0 bridgehead atoms. The van der Waals surface area contributed by atoms with Gasteiger partial charge in [0.15, 0.2) is 0 Å². The molecule has 6 aromatic carbocycles. The van der Waals surface area contributed by atoms with E-state index >= 15 is 0 Å². The molecule has 0 fully saturated rings. The quantitative estimate of drug-likeness (QED) is 0.0323. The summed E-state index contributed by atoms with van der Waals surface area (Å²) in [5.41, 5.74) is 17.8. The summed E-state index contributed by atoms with van der Waals surface area (Å²) < 4.78 is 15.7. The van der Waals surface area contributed by atoms with Gasteiger partial charge in [-0.2, -0.15) is 0 Å². The van der Waals surface area contributed by atoms with Crippen LogP contribution in [0.25, 0.3) is 44.5 Å². The van der Waals surface area contributed by atoms with Crippen LogP contribution in [0.5, 0.6) is 23.0 Å². The molecule has 0 saturated heterocycles. The SMILES string of the molecule is CCCCCCCCc1cc(-c2cc(C(C)(C)C)cc(C(C)(C)C)c2)c(O)c(-c2cc(C(C)(C)C)ccc2O[CH2][Ge]([CH2]Oc2ccc(C(C)(C)C)cc2-c2cc(CCCCCCCC)cc(-c3cc(C(C)(C)C)cc(C(C)(C)C)c3)c2O)([CH](C)C)[CH](C)C)c1.[CH3-].[CH3-].[Hf]. The standard InChI is InChI=1S/C84H124GeO4.2CH3.Hf/c1-25-27-29-31-33-35-37-59-43-69(61-47-65(81(13,14)15)51-66(48-61)82(16,17)18)77(86)73(45-59)71-53-63(79(7,8)9)39-41-75(71)88-55-85(57(3)4,58(5)6)56-89-76-42-40-64(80(10,11)12)54-72(76)74-46-60(38-36-34-32-30-28-26-2)44-70(78(74)87)62-49-67(83(19,20)21)52-68(50-62)84(22,23)24;;;/h39-54,57-58,86-87H,25-38,55-56H2,1-24H3;2*1H3;/q;2*-1;. The van der Waals surface area contributed by atoms with Crippen molar-refractivity contribution in [1.29, 1.82) is 0 Å². The van der Waals surface area contributed by atoms with Crippen molar-refractivity contribution in [2.75, 3.05) is 10.9 Å². The van der Waals surface area contributed by atoms with Gasteiger partial charge in [0.05, 0.1) is 0 Å². The van der Waals surface area contributed by atoms with Crippen LogP contribution >= 0.6 is 0 Å². The molecular weight excluding hydrogens is 1350 g/mol. The minimum Gasteiger partial charge on any atom is -0.358 e. The van der Waals surface area contributed by atoms with Gasteiger partial charge in [0.1, 0.15) is 0 Å². The molecule has 508 valence electrons. The fourth-order valence-electron chi connectivity index (χ4n) is 12.5.